The van der Waals surface area contributed by atoms with Crippen LogP contribution >= 0.6 is 0 Å². The summed E-state index contributed by atoms with van der Waals surface area (Å²) >= 11 is 0. The third-order valence-electron chi connectivity index (χ3n) is 8.27. The first kappa shape index (κ1) is 24.7. The van der Waals surface area contributed by atoms with E-state index >= 15 is 0 Å². The van der Waals surface area contributed by atoms with E-state index in [1.165, 1.54) is 0 Å². The van der Waals surface area contributed by atoms with Crippen molar-refractivity contribution in [1.82, 2.24) is 0 Å². The highest BCUT2D eigenvalue weighted by atomic mass is 16.4. The van der Waals surface area contributed by atoms with Crippen molar-refractivity contribution in [2.75, 3.05) is 23.9 Å². The quantitative estimate of drug-likeness (QED) is 0.350. The Hall–Kier alpha value is -3.60. The maximum absolute atomic E-state index is 13.9. The fourth-order valence-corrected chi connectivity index (χ4v) is 5.77. The van der Waals surface area contributed by atoms with Crippen LogP contribution in [0.5, 0.6) is 0 Å². The van der Waals surface area contributed by atoms with Gasteiger partial charge in [-0.2, -0.15) is 0 Å². The molecule has 1 N–H and O–H groups in total. The Bertz CT molecular complexity index is 1300. The zero-order valence-electron chi connectivity index (χ0n) is 23.3. The van der Waals surface area contributed by atoms with Crippen LogP contribution in [0.1, 0.15) is 63.4 Å². The molecule has 198 valence electrons. The summed E-state index contributed by atoms with van der Waals surface area (Å²) in [7, 11) is 4.04. The first-order chi connectivity index (χ1) is 18.8. The van der Waals surface area contributed by atoms with Crippen molar-refractivity contribution in [3.8, 4) is 11.1 Å². The van der Waals surface area contributed by atoms with Gasteiger partial charge in [-0.25, -0.2) is 0 Å². The SMILES string of the molecule is [2H]C(c1ccc(-c2ccc(N(C)C)cc2)cc1)N(C(=O)C1CCCCC1)c1cccc(C2CCC2C(=O)O)c1. The number of carbonyl (C=O) groups is 2. The van der Waals surface area contributed by atoms with Crippen LogP contribution in [-0.2, 0) is 16.1 Å². The molecule has 5 nitrogen and oxygen atoms in total. The third kappa shape index (κ3) is 5.62. The van der Waals surface area contributed by atoms with E-state index in [1.54, 1.807) is 4.90 Å². The van der Waals surface area contributed by atoms with E-state index in [2.05, 4.69) is 29.2 Å². The minimum absolute atomic E-state index is 0.00130. The van der Waals surface area contributed by atoms with Gasteiger partial charge in [-0.15, -0.1) is 0 Å². The molecule has 0 aliphatic heterocycles. The molecule has 2 aliphatic rings. The Morgan fingerprint density at radius 3 is 2.08 bits per heavy atom. The molecule has 5 rings (SSSR count). The summed E-state index contributed by atoms with van der Waals surface area (Å²) in [4.78, 5) is 29.3. The van der Waals surface area contributed by atoms with Crippen molar-refractivity contribution in [2.24, 2.45) is 11.8 Å². The van der Waals surface area contributed by atoms with Gasteiger partial charge in [-0.3, -0.25) is 9.59 Å². The van der Waals surface area contributed by atoms with Crippen molar-refractivity contribution in [3.63, 3.8) is 0 Å². The fraction of sp³-hybridized carbons (Fsp3) is 0.394. The van der Waals surface area contributed by atoms with Gasteiger partial charge < -0.3 is 14.9 Å². The van der Waals surface area contributed by atoms with Gasteiger partial charge in [-0.05, 0) is 78.1 Å². The number of nitrogens with zero attached hydrogens (tertiary/aromatic N) is 2. The number of amides is 1. The first-order valence-electron chi connectivity index (χ1n) is 14.4. The number of benzene rings is 3. The van der Waals surface area contributed by atoms with Crippen molar-refractivity contribution >= 4 is 23.3 Å². The van der Waals surface area contributed by atoms with Crippen molar-refractivity contribution in [2.45, 2.75) is 57.4 Å². The predicted octanol–water partition coefficient (Wildman–Crippen LogP) is 7.11. The van der Waals surface area contributed by atoms with Gasteiger partial charge in [-0.1, -0.05) is 67.8 Å². The summed E-state index contributed by atoms with van der Waals surface area (Å²) in [6.07, 6.45) is 6.45. The Labute approximate surface area is 227 Å². The second-order valence-electron chi connectivity index (χ2n) is 11.0. The van der Waals surface area contributed by atoms with Crippen LogP contribution in [0.15, 0.2) is 72.8 Å². The number of hydrogen-bond donors (Lipinski definition) is 1. The Morgan fingerprint density at radius 2 is 1.50 bits per heavy atom. The van der Waals surface area contributed by atoms with Gasteiger partial charge in [0.15, 0.2) is 0 Å². The molecule has 3 aromatic carbocycles. The van der Waals surface area contributed by atoms with Crippen molar-refractivity contribution in [1.29, 1.82) is 0 Å². The van der Waals surface area contributed by atoms with E-state index in [-0.39, 0.29) is 23.7 Å². The topological polar surface area (TPSA) is 60.9 Å². The lowest BCUT2D eigenvalue weighted by atomic mass is 9.70. The maximum atomic E-state index is 13.9. The monoisotopic (exact) mass is 511 g/mol. The number of aliphatic carboxylic acids is 1. The number of rotatable bonds is 8. The third-order valence-corrected chi connectivity index (χ3v) is 8.27. The van der Waals surface area contributed by atoms with Gasteiger partial charge in [0, 0.05) is 31.4 Å². The molecular weight excluding hydrogens is 472 g/mol. The van der Waals surface area contributed by atoms with Gasteiger partial charge >= 0.3 is 5.97 Å². The van der Waals surface area contributed by atoms with Crippen LogP contribution in [0.4, 0.5) is 11.4 Å². The number of carboxylic acid groups (broad SMARTS) is 1. The van der Waals surface area contributed by atoms with E-state index in [0.717, 1.165) is 66.5 Å². The fourth-order valence-electron chi connectivity index (χ4n) is 5.77. The maximum Gasteiger partial charge on any atom is 0.307 e. The molecule has 2 aliphatic carbocycles. The van der Waals surface area contributed by atoms with Gasteiger partial charge in [0.25, 0.3) is 0 Å². The van der Waals surface area contributed by atoms with E-state index in [4.69, 9.17) is 0 Å². The van der Waals surface area contributed by atoms with Gasteiger partial charge in [0.1, 0.15) is 0 Å². The summed E-state index contributed by atoms with van der Waals surface area (Å²) < 4.78 is 9.26. The number of anilines is 2. The number of carboxylic acids is 1. The summed E-state index contributed by atoms with van der Waals surface area (Å²) in [5.74, 6) is -1.27. The van der Waals surface area contributed by atoms with Crippen LogP contribution in [-0.4, -0.2) is 31.1 Å². The zero-order valence-corrected chi connectivity index (χ0v) is 22.3. The smallest absolute Gasteiger partial charge is 0.307 e. The second-order valence-corrected chi connectivity index (χ2v) is 11.0. The molecule has 0 spiro atoms. The Kier molecular flexibility index (Phi) is 7.43. The van der Waals surface area contributed by atoms with Crippen molar-refractivity contribution < 1.29 is 16.1 Å². The first-order valence-corrected chi connectivity index (χ1v) is 13.8. The summed E-state index contributed by atoms with van der Waals surface area (Å²) in [5.41, 5.74) is 5.68. The molecule has 1 amide bonds. The molecule has 0 heterocycles. The molecule has 5 heteroatoms. The van der Waals surface area contributed by atoms with Crippen LogP contribution < -0.4 is 9.80 Å². The summed E-state index contributed by atoms with van der Waals surface area (Å²) in [5, 5.41) is 9.58. The van der Waals surface area contributed by atoms with E-state index in [1.807, 2.05) is 62.6 Å². The van der Waals surface area contributed by atoms with Crippen LogP contribution in [0.2, 0.25) is 0 Å². The molecular formula is C33H38N2O3. The molecule has 2 fully saturated rings. The predicted molar refractivity (Wildman–Crippen MR) is 154 cm³/mol. The standard InChI is InChI=1S/C33H38N2O3/c1-34(2)28-17-15-25(16-18-28)24-13-11-23(12-14-24)22-35(32(36)26-7-4-3-5-8-26)29-10-6-9-27(21-29)30-19-20-31(30)33(37)38/h6,9-18,21,26,30-31H,3-5,7-8,19-20,22H2,1-2H3,(H,37,38)/i22D. The van der Waals surface area contributed by atoms with E-state index in [9.17, 15) is 16.1 Å². The summed E-state index contributed by atoms with van der Waals surface area (Å²) in [6, 6.07) is 24.0. The van der Waals surface area contributed by atoms with E-state index < -0.39 is 12.5 Å². The minimum Gasteiger partial charge on any atom is -0.481 e. The molecule has 0 bridgehead atoms. The number of hydrogen-bond acceptors (Lipinski definition) is 3. The van der Waals surface area contributed by atoms with Gasteiger partial charge in [0.2, 0.25) is 5.91 Å². The van der Waals surface area contributed by atoms with Crippen LogP contribution in [0, 0.1) is 11.8 Å². The zero-order chi connectivity index (χ0) is 27.5. The molecule has 0 saturated heterocycles. The Morgan fingerprint density at radius 1 is 0.842 bits per heavy atom. The van der Waals surface area contributed by atoms with Crippen LogP contribution in [0.3, 0.4) is 0 Å². The lowest BCUT2D eigenvalue weighted by Crippen LogP contribution is -2.37. The lowest BCUT2D eigenvalue weighted by molar-refractivity contribution is -0.145. The molecule has 3 unspecified atom stereocenters. The molecule has 3 atom stereocenters. The van der Waals surface area contributed by atoms with Gasteiger partial charge in [0.05, 0.1) is 13.8 Å². The van der Waals surface area contributed by atoms with E-state index in [0.29, 0.717) is 12.1 Å². The highest BCUT2D eigenvalue weighted by molar-refractivity contribution is 5.95. The molecule has 38 heavy (non-hydrogen) atoms. The largest absolute Gasteiger partial charge is 0.481 e. The van der Waals surface area contributed by atoms with Crippen LogP contribution in [0.25, 0.3) is 11.1 Å². The summed E-state index contributed by atoms with van der Waals surface area (Å²) in [6.45, 7) is -0.892. The lowest BCUT2D eigenvalue weighted by Gasteiger charge is -2.35. The normalized spacial score (nSPS) is 20.6. The highest BCUT2D eigenvalue weighted by Crippen LogP contribution is 2.43. The number of carbonyl (C=O) groups excluding carboxylic acids is 1. The average Bonchev–Trinajstić information content (AvgIpc) is 2.93. The Balaban J connectivity index is 1.44. The molecule has 0 aromatic heterocycles. The van der Waals surface area contributed by atoms with Crippen molar-refractivity contribution in [3.05, 3.63) is 83.9 Å². The minimum atomic E-state index is -0.892. The second kappa shape index (κ2) is 11.4. The average molecular weight is 512 g/mol. The highest BCUT2D eigenvalue weighted by Gasteiger charge is 2.38. The molecule has 2 saturated carbocycles. The molecule has 3 aromatic rings. The molecule has 0 radical (unpaired) electrons.